The summed E-state index contributed by atoms with van der Waals surface area (Å²) in [5, 5.41) is 8.93. The average molecular weight is 383 g/mol. The molecule has 0 amide bonds. The molecular weight excluding hydrogens is 363 g/mol. The minimum atomic E-state index is 0. The van der Waals surface area contributed by atoms with Gasteiger partial charge in [-0.2, -0.15) is 43.3 Å². The summed E-state index contributed by atoms with van der Waals surface area (Å²) in [4.78, 5) is 0. The van der Waals surface area contributed by atoms with E-state index >= 15 is 0 Å². The van der Waals surface area contributed by atoms with Crippen LogP contribution >= 0.6 is 0 Å². The Bertz CT molecular complexity index is 162. The van der Waals surface area contributed by atoms with E-state index in [1.54, 1.807) is 13.8 Å². The minimum absolute atomic E-state index is 0. The maximum absolute atomic E-state index is 8.93. The van der Waals surface area contributed by atoms with Crippen LogP contribution in [0.2, 0.25) is 0 Å². The Labute approximate surface area is 119 Å². The minimum Gasteiger partial charge on any atom is -0.855 e. The molecule has 0 atom stereocenters. The summed E-state index contributed by atoms with van der Waals surface area (Å²) >= 11 is 0. The van der Waals surface area contributed by atoms with Crippen LogP contribution < -0.4 is 5.11 Å². The van der Waals surface area contributed by atoms with Gasteiger partial charge in [0, 0.05) is 0 Å². The van der Waals surface area contributed by atoms with Gasteiger partial charge in [0.05, 0.1) is 0 Å². The first-order valence-electron chi connectivity index (χ1n) is 5.04. The first-order chi connectivity index (χ1) is 7.41. The standard InChI is InChI=1S/2C5H5.C2H5O.C2H5.Hf/c2*1-2-4-5-3-1;1-2-3;1-2;/h2*1-5H;2H2,1H3;1H2,2H3;/q4*-1;+4. The van der Waals surface area contributed by atoms with E-state index in [1.165, 1.54) is 0 Å². The zero-order chi connectivity index (χ0) is 11.8. The maximum Gasteiger partial charge on any atom is 4.00 e. The van der Waals surface area contributed by atoms with Crippen LogP contribution in [-0.2, 0) is 25.8 Å². The molecule has 0 N–H and O–H groups in total. The normalized spacial score (nSPS) is 6.50. The third-order valence-corrected chi connectivity index (χ3v) is 1.11. The molecule has 0 bridgehead atoms. The van der Waals surface area contributed by atoms with Gasteiger partial charge in [-0.3, -0.25) is 0 Å². The van der Waals surface area contributed by atoms with E-state index < -0.39 is 0 Å². The summed E-state index contributed by atoms with van der Waals surface area (Å²) in [7, 11) is 0. The molecule has 0 aliphatic rings. The summed E-state index contributed by atoms with van der Waals surface area (Å²) in [5.74, 6) is 0. The fraction of sp³-hybridized carbons (Fsp3) is 0.214. The second-order valence-corrected chi connectivity index (χ2v) is 2.21. The van der Waals surface area contributed by atoms with Gasteiger partial charge in [-0.1, -0.05) is 6.92 Å². The Kier molecular flexibility index (Phi) is 31.3. The fourth-order valence-electron chi connectivity index (χ4n) is 0.642. The van der Waals surface area contributed by atoms with Crippen molar-refractivity contribution in [2.75, 3.05) is 6.61 Å². The van der Waals surface area contributed by atoms with E-state index in [0.717, 1.165) is 0 Å². The van der Waals surface area contributed by atoms with Crippen LogP contribution in [0.3, 0.4) is 0 Å². The first-order valence-corrected chi connectivity index (χ1v) is 5.04. The van der Waals surface area contributed by atoms with Gasteiger partial charge in [0.25, 0.3) is 0 Å². The monoisotopic (exact) mass is 384 g/mol. The Morgan fingerprint density at radius 3 is 1.12 bits per heavy atom. The van der Waals surface area contributed by atoms with Crippen LogP contribution in [0.5, 0.6) is 0 Å². The molecule has 0 aliphatic carbocycles. The molecule has 2 rings (SSSR count). The van der Waals surface area contributed by atoms with E-state index in [-0.39, 0.29) is 32.5 Å². The van der Waals surface area contributed by atoms with Gasteiger partial charge in [-0.25, -0.2) is 24.3 Å². The van der Waals surface area contributed by atoms with E-state index in [0.29, 0.717) is 0 Å². The van der Waals surface area contributed by atoms with E-state index in [4.69, 9.17) is 5.11 Å². The molecule has 0 fully saturated rings. The van der Waals surface area contributed by atoms with Crippen molar-refractivity contribution in [2.45, 2.75) is 13.8 Å². The van der Waals surface area contributed by atoms with Crippen LogP contribution in [0.4, 0.5) is 0 Å². The van der Waals surface area contributed by atoms with Crippen LogP contribution in [0.15, 0.2) is 60.7 Å². The van der Waals surface area contributed by atoms with Crippen molar-refractivity contribution in [1.82, 2.24) is 0 Å². The summed E-state index contributed by atoms with van der Waals surface area (Å²) in [6, 6.07) is 20.0. The Morgan fingerprint density at radius 1 is 0.875 bits per heavy atom. The van der Waals surface area contributed by atoms with Crippen molar-refractivity contribution in [3.63, 3.8) is 0 Å². The summed E-state index contributed by atoms with van der Waals surface area (Å²) in [6.45, 7) is 6.57. The summed E-state index contributed by atoms with van der Waals surface area (Å²) in [5.41, 5.74) is 0. The van der Waals surface area contributed by atoms with Gasteiger partial charge in [-0.15, -0.1) is 6.61 Å². The van der Waals surface area contributed by atoms with Crippen molar-refractivity contribution < 1.29 is 30.9 Å². The second kappa shape index (κ2) is 24.0. The maximum atomic E-state index is 8.93. The predicted molar refractivity (Wildman–Crippen MR) is 65.6 cm³/mol. The van der Waals surface area contributed by atoms with Gasteiger partial charge in [-0.05, 0) is 0 Å². The van der Waals surface area contributed by atoms with Gasteiger partial charge in [0.1, 0.15) is 0 Å². The fourth-order valence-corrected chi connectivity index (χ4v) is 0.642. The Morgan fingerprint density at radius 2 is 1.06 bits per heavy atom. The van der Waals surface area contributed by atoms with Crippen molar-refractivity contribution in [1.29, 1.82) is 0 Å². The molecule has 16 heavy (non-hydrogen) atoms. The molecule has 0 radical (unpaired) electrons. The first kappa shape index (κ1) is 20.9. The van der Waals surface area contributed by atoms with Crippen molar-refractivity contribution >= 4 is 0 Å². The quantitative estimate of drug-likeness (QED) is 0.507. The molecule has 2 aromatic rings. The van der Waals surface area contributed by atoms with Crippen molar-refractivity contribution in [3.05, 3.63) is 67.6 Å². The molecule has 2 aromatic carbocycles. The SMILES string of the molecule is CC[O-].[CH2-]C.[Hf+4].c1cc[cH-]c1.c1cc[cH-]c1. The number of hydrogen-bond acceptors (Lipinski definition) is 1. The smallest absolute Gasteiger partial charge is 0.855 e. The van der Waals surface area contributed by atoms with Crippen LogP contribution in [-0.4, -0.2) is 6.61 Å². The molecule has 0 unspecified atom stereocenters. The largest absolute Gasteiger partial charge is 4.00 e. The van der Waals surface area contributed by atoms with Gasteiger partial charge >= 0.3 is 25.8 Å². The molecule has 0 saturated heterocycles. The molecular formula is C14H20HfO. The topological polar surface area (TPSA) is 23.1 Å². The van der Waals surface area contributed by atoms with Gasteiger partial charge in [0.15, 0.2) is 0 Å². The zero-order valence-corrected chi connectivity index (χ0v) is 13.7. The number of rotatable bonds is 0. The second-order valence-electron chi connectivity index (χ2n) is 2.21. The molecule has 0 aromatic heterocycles. The third-order valence-electron chi connectivity index (χ3n) is 1.11. The van der Waals surface area contributed by atoms with Gasteiger partial charge < -0.3 is 12.0 Å². The predicted octanol–water partition coefficient (Wildman–Crippen LogP) is 3.02. The third kappa shape index (κ3) is 23.4. The molecule has 0 spiro atoms. The van der Waals surface area contributed by atoms with Crippen molar-refractivity contribution in [3.8, 4) is 0 Å². The molecule has 86 valence electrons. The molecule has 0 saturated carbocycles. The van der Waals surface area contributed by atoms with Gasteiger partial charge in [0.2, 0.25) is 0 Å². The van der Waals surface area contributed by atoms with Crippen molar-refractivity contribution in [2.24, 2.45) is 0 Å². The van der Waals surface area contributed by atoms with E-state index in [2.05, 4.69) is 6.92 Å². The Balaban J connectivity index is -0.000000147. The molecule has 0 aliphatic heterocycles. The number of hydrogen-bond donors (Lipinski definition) is 0. The summed E-state index contributed by atoms with van der Waals surface area (Å²) < 4.78 is 0. The van der Waals surface area contributed by atoms with E-state index in [1.807, 2.05) is 60.7 Å². The summed E-state index contributed by atoms with van der Waals surface area (Å²) in [6.07, 6.45) is 0. The molecule has 1 nitrogen and oxygen atoms in total. The van der Waals surface area contributed by atoms with Crippen LogP contribution in [0.25, 0.3) is 0 Å². The zero-order valence-electron chi connectivity index (χ0n) is 10.1. The molecule has 2 heteroatoms. The van der Waals surface area contributed by atoms with Crippen LogP contribution in [0.1, 0.15) is 13.8 Å². The Hall–Kier alpha value is -0.470. The molecule has 0 heterocycles. The average Bonchev–Trinajstić information content (AvgIpc) is 3.01. The van der Waals surface area contributed by atoms with Crippen LogP contribution in [0, 0.1) is 6.92 Å². The van der Waals surface area contributed by atoms with E-state index in [9.17, 15) is 0 Å².